The fourth-order valence-corrected chi connectivity index (χ4v) is 3.19. The van der Waals surface area contributed by atoms with Crippen molar-refractivity contribution in [1.29, 1.82) is 0 Å². The fourth-order valence-electron chi connectivity index (χ4n) is 1.65. The van der Waals surface area contributed by atoms with Gasteiger partial charge in [0.1, 0.15) is 5.75 Å². The Balaban J connectivity index is 1.83. The molecular formula is C15H16BrNO2S. The molecule has 106 valence electrons. The number of likely N-dealkylation sites (N-methyl/N-ethyl adjacent to an activating group) is 1. The number of hydrogen-bond donors (Lipinski definition) is 0. The maximum Gasteiger partial charge on any atom is 0.260 e. The van der Waals surface area contributed by atoms with Gasteiger partial charge in [0.2, 0.25) is 0 Å². The lowest BCUT2D eigenvalue weighted by Gasteiger charge is -2.16. The first-order chi connectivity index (χ1) is 9.54. The minimum Gasteiger partial charge on any atom is -0.484 e. The Morgan fingerprint density at radius 3 is 2.55 bits per heavy atom. The van der Waals surface area contributed by atoms with E-state index >= 15 is 0 Å². The molecule has 0 unspecified atom stereocenters. The lowest BCUT2D eigenvalue weighted by molar-refractivity contribution is -0.132. The highest BCUT2D eigenvalue weighted by atomic mass is 79.9. The Kier molecular flexibility index (Phi) is 5.20. The van der Waals surface area contributed by atoms with E-state index in [-0.39, 0.29) is 12.5 Å². The van der Waals surface area contributed by atoms with E-state index in [1.54, 1.807) is 23.3 Å². The van der Waals surface area contributed by atoms with Gasteiger partial charge in [0.25, 0.3) is 5.91 Å². The standard InChI is InChI=1S/C15H16BrNO2S/c1-11-3-5-12(6-4-11)19-10-15(18)17(2)9-13-7-8-14(16)20-13/h3-8H,9-10H2,1-2H3. The molecule has 1 heterocycles. The second-order valence-electron chi connectivity index (χ2n) is 4.56. The number of thiophene rings is 1. The van der Waals surface area contributed by atoms with Gasteiger partial charge in [0, 0.05) is 11.9 Å². The molecule has 3 nitrogen and oxygen atoms in total. The van der Waals surface area contributed by atoms with Crippen LogP contribution in [0.3, 0.4) is 0 Å². The van der Waals surface area contributed by atoms with Gasteiger partial charge in [-0.3, -0.25) is 4.79 Å². The van der Waals surface area contributed by atoms with Gasteiger partial charge >= 0.3 is 0 Å². The number of ether oxygens (including phenoxy) is 1. The molecular weight excluding hydrogens is 338 g/mol. The minimum absolute atomic E-state index is 0.0323. The van der Waals surface area contributed by atoms with Crippen molar-refractivity contribution in [3.63, 3.8) is 0 Å². The summed E-state index contributed by atoms with van der Waals surface area (Å²) in [6.45, 7) is 2.68. The SMILES string of the molecule is Cc1ccc(OCC(=O)N(C)Cc2ccc(Br)s2)cc1. The number of carbonyl (C=O) groups excluding carboxylic acids is 1. The van der Waals surface area contributed by atoms with E-state index in [2.05, 4.69) is 15.9 Å². The summed E-state index contributed by atoms with van der Waals surface area (Å²) < 4.78 is 6.56. The van der Waals surface area contributed by atoms with Crippen LogP contribution in [0.4, 0.5) is 0 Å². The summed E-state index contributed by atoms with van der Waals surface area (Å²) in [6.07, 6.45) is 0. The summed E-state index contributed by atoms with van der Waals surface area (Å²) in [5, 5.41) is 0. The summed E-state index contributed by atoms with van der Waals surface area (Å²) >= 11 is 5.05. The Bertz CT molecular complexity index is 580. The van der Waals surface area contributed by atoms with Crippen molar-refractivity contribution in [2.24, 2.45) is 0 Å². The summed E-state index contributed by atoms with van der Waals surface area (Å²) in [7, 11) is 1.79. The predicted octanol–water partition coefficient (Wildman–Crippen LogP) is 3.86. The summed E-state index contributed by atoms with van der Waals surface area (Å²) in [6, 6.07) is 11.7. The van der Waals surface area contributed by atoms with Gasteiger partial charge in [-0.05, 0) is 47.1 Å². The molecule has 1 amide bonds. The van der Waals surface area contributed by atoms with Gasteiger partial charge < -0.3 is 9.64 Å². The zero-order chi connectivity index (χ0) is 14.5. The molecule has 0 aliphatic rings. The highest BCUT2D eigenvalue weighted by Crippen LogP contribution is 2.23. The van der Waals surface area contributed by atoms with Crippen LogP contribution in [0.1, 0.15) is 10.4 Å². The largest absolute Gasteiger partial charge is 0.484 e. The minimum atomic E-state index is -0.0323. The maximum atomic E-state index is 12.0. The molecule has 0 radical (unpaired) electrons. The first kappa shape index (κ1) is 15.1. The van der Waals surface area contributed by atoms with E-state index in [4.69, 9.17) is 4.74 Å². The normalized spacial score (nSPS) is 10.3. The molecule has 2 rings (SSSR count). The third-order valence-corrected chi connectivity index (χ3v) is 4.44. The number of nitrogens with zero attached hydrogens (tertiary/aromatic N) is 1. The molecule has 2 aromatic rings. The third kappa shape index (κ3) is 4.35. The van der Waals surface area contributed by atoms with Crippen LogP contribution in [-0.2, 0) is 11.3 Å². The molecule has 0 fully saturated rings. The quantitative estimate of drug-likeness (QED) is 0.816. The number of halogens is 1. The van der Waals surface area contributed by atoms with E-state index in [1.807, 2.05) is 43.3 Å². The monoisotopic (exact) mass is 353 g/mol. The molecule has 1 aromatic heterocycles. The van der Waals surface area contributed by atoms with Crippen molar-refractivity contribution >= 4 is 33.2 Å². The summed E-state index contributed by atoms with van der Waals surface area (Å²) in [5.74, 6) is 0.686. The van der Waals surface area contributed by atoms with Gasteiger partial charge in [0.15, 0.2) is 6.61 Å². The molecule has 0 spiro atoms. The number of amides is 1. The number of carbonyl (C=O) groups is 1. The highest BCUT2D eigenvalue weighted by Gasteiger charge is 2.11. The lowest BCUT2D eigenvalue weighted by atomic mass is 10.2. The van der Waals surface area contributed by atoms with E-state index in [0.29, 0.717) is 6.54 Å². The molecule has 0 saturated heterocycles. The van der Waals surface area contributed by atoms with Crippen LogP contribution in [0.15, 0.2) is 40.2 Å². The van der Waals surface area contributed by atoms with Crippen LogP contribution in [0.25, 0.3) is 0 Å². The van der Waals surface area contributed by atoms with Crippen molar-refractivity contribution in [2.75, 3.05) is 13.7 Å². The number of hydrogen-bond acceptors (Lipinski definition) is 3. The summed E-state index contributed by atoms with van der Waals surface area (Å²) in [4.78, 5) is 14.8. The Morgan fingerprint density at radius 2 is 1.95 bits per heavy atom. The van der Waals surface area contributed by atoms with Crippen molar-refractivity contribution < 1.29 is 9.53 Å². The van der Waals surface area contributed by atoms with E-state index in [9.17, 15) is 4.79 Å². The second kappa shape index (κ2) is 6.90. The predicted molar refractivity (Wildman–Crippen MR) is 85.2 cm³/mol. The Labute approximate surface area is 131 Å². The van der Waals surface area contributed by atoms with Crippen molar-refractivity contribution in [2.45, 2.75) is 13.5 Å². The molecule has 0 bridgehead atoms. The second-order valence-corrected chi connectivity index (χ2v) is 7.10. The molecule has 0 aliphatic heterocycles. The maximum absolute atomic E-state index is 12.0. The Hall–Kier alpha value is -1.33. The van der Waals surface area contributed by atoms with Crippen LogP contribution < -0.4 is 4.74 Å². The van der Waals surface area contributed by atoms with E-state index < -0.39 is 0 Å². The van der Waals surface area contributed by atoms with Crippen LogP contribution in [0, 0.1) is 6.92 Å². The van der Waals surface area contributed by atoms with Gasteiger partial charge in [-0.15, -0.1) is 11.3 Å². The van der Waals surface area contributed by atoms with Crippen LogP contribution >= 0.6 is 27.3 Å². The zero-order valence-corrected chi connectivity index (χ0v) is 13.8. The molecule has 0 aliphatic carbocycles. The molecule has 1 aromatic carbocycles. The fraction of sp³-hybridized carbons (Fsp3) is 0.267. The number of benzene rings is 1. The van der Waals surface area contributed by atoms with Crippen LogP contribution in [-0.4, -0.2) is 24.5 Å². The van der Waals surface area contributed by atoms with Crippen molar-refractivity contribution in [3.8, 4) is 5.75 Å². The lowest BCUT2D eigenvalue weighted by Crippen LogP contribution is -2.30. The molecule has 20 heavy (non-hydrogen) atoms. The number of rotatable bonds is 5. The smallest absolute Gasteiger partial charge is 0.260 e. The van der Waals surface area contributed by atoms with Gasteiger partial charge in [-0.25, -0.2) is 0 Å². The highest BCUT2D eigenvalue weighted by molar-refractivity contribution is 9.11. The molecule has 0 N–H and O–H groups in total. The average molecular weight is 354 g/mol. The van der Waals surface area contributed by atoms with E-state index in [0.717, 1.165) is 14.4 Å². The summed E-state index contributed by atoms with van der Waals surface area (Å²) in [5.41, 5.74) is 1.17. The van der Waals surface area contributed by atoms with Gasteiger partial charge in [-0.1, -0.05) is 17.7 Å². The Morgan fingerprint density at radius 1 is 1.25 bits per heavy atom. The average Bonchev–Trinajstić information content (AvgIpc) is 2.83. The molecule has 0 atom stereocenters. The molecule has 5 heteroatoms. The van der Waals surface area contributed by atoms with Crippen LogP contribution in [0.2, 0.25) is 0 Å². The first-order valence-electron chi connectivity index (χ1n) is 6.22. The molecule has 0 saturated carbocycles. The zero-order valence-electron chi connectivity index (χ0n) is 11.4. The third-order valence-electron chi connectivity index (χ3n) is 2.83. The van der Waals surface area contributed by atoms with Gasteiger partial charge in [0.05, 0.1) is 10.3 Å². The number of aryl methyl sites for hydroxylation is 1. The van der Waals surface area contributed by atoms with Crippen molar-refractivity contribution in [1.82, 2.24) is 4.90 Å². The van der Waals surface area contributed by atoms with Crippen molar-refractivity contribution in [3.05, 3.63) is 50.6 Å². The van der Waals surface area contributed by atoms with Crippen LogP contribution in [0.5, 0.6) is 5.75 Å². The van der Waals surface area contributed by atoms with E-state index in [1.165, 1.54) is 5.56 Å². The van der Waals surface area contributed by atoms with Gasteiger partial charge in [-0.2, -0.15) is 0 Å². The topological polar surface area (TPSA) is 29.5 Å². The first-order valence-corrected chi connectivity index (χ1v) is 7.83.